The number of amides is 3. The highest BCUT2D eigenvalue weighted by molar-refractivity contribution is 7.09. The number of thiophene rings is 1. The Morgan fingerprint density at radius 3 is 2.77 bits per heavy atom. The third kappa shape index (κ3) is 4.23. The fourth-order valence-electron chi connectivity index (χ4n) is 4.50. The van der Waals surface area contributed by atoms with Crippen molar-refractivity contribution in [3.05, 3.63) is 39.8 Å². The van der Waals surface area contributed by atoms with E-state index in [4.69, 9.17) is 0 Å². The van der Waals surface area contributed by atoms with Crippen LogP contribution in [0.3, 0.4) is 0 Å². The van der Waals surface area contributed by atoms with Crippen molar-refractivity contribution < 1.29 is 14.4 Å². The molecule has 2 N–H and O–H groups in total. The second-order valence-electron chi connectivity index (χ2n) is 8.44. The number of nitrogens with one attached hydrogen (secondary N) is 2. The summed E-state index contributed by atoms with van der Waals surface area (Å²) < 4.78 is 1.51. The molecule has 0 unspecified atom stereocenters. The predicted octanol–water partition coefficient (Wildman–Crippen LogP) is 2.21. The first-order valence-electron chi connectivity index (χ1n) is 10.9. The molecule has 0 aromatic carbocycles. The molecule has 4 rings (SSSR count). The monoisotopic (exact) mass is 443 g/mol. The van der Waals surface area contributed by atoms with Crippen LogP contribution in [0.4, 0.5) is 0 Å². The average molecular weight is 444 g/mol. The molecule has 1 saturated carbocycles. The molecule has 0 saturated heterocycles. The van der Waals surface area contributed by atoms with Crippen molar-refractivity contribution in [3.63, 3.8) is 0 Å². The van der Waals surface area contributed by atoms with Crippen molar-refractivity contribution in [2.24, 2.45) is 0 Å². The molecule has 8 nitrogen and oxygen atoms in total. The Morgan fingerprint density at radius 2 is 2.10 bits per heavy atom. The normalized spacial score (nSPS) is 21.2. The smallest absolute Gasteiger partial charge is 0.273 e. The van der Waals surface area contributed by atoms with Gasteiger partial charge >= 0.3 is 0 Å². The van der Waals surface area contributed by atoms with Crippen molar-refractivity contribution in [2.45, 2.75) is 64.1 Å². The lowest BCUT2D eigenvalue weighted by atomic mass is 9.94. The van der Waals surface area contributed by atoms with E-state index in [1.807, 2.05) is 24.4 Å². The van der Waals surface area contributed by atoms with Gasteiger partial charge in [-0.1, -0.05) is 18.9 Å². The van der Waals surface area contributed by atoms with Gasteiger partial charge in [0.2, 0.25) is 5.91 Å². The number of hydrogen-bond donors (Lipinski definition) is 2. The standard InChI is InChI=1S/C22H29N5O3S/c1-3-26-20(29)18-13-17(19(28)23-11-10-16-9-6-12-31-16)25-27(18)14-22(26,2)21(30)24-15-7-4-5-8-15/h6,9,12-13,15H,3-5,7-8,10-11,14H2,1-2H3,(H,23,28)(H,24,30)/t22-/m1/s1. The van der Waals surface area contributed by atoms with E-state index in [0.29, 0.717) is 18.8 Å². The molecule has 1 aliphatic carbocycles. The zero-order chi connectivity index (χ0) is 22.0. The van der Waals surface area contributed by atoms with Crippen molar-refractivity contribution in [3.8, 4) is 0 Å². The van der Waals surface area contributed by atoms with Crippen LogP contribution in [-0.4, -0.2) is 57.1 Å². The Kier molecular flexibility index (Phi) is 6.13. The minimum Gasteiger partial charge on any atom is -0.351 e. The highest BCUT2D eigenvalue weighted by atomic mass is 32.1. The van der Waals surface area contributed by atoms with Gasteiger partial charge in [0.1, 0.15) is 11.2 Å². The Balaban J connectivity index is 1.48. The van der Waals surface area contributed by atoms with Gasteiger partial charge in [0.15, 0.2) is 5.69 Å². The fraction of sp³-hybridized carbons (Fsp3) is 0.545. The van der Waals surface area contributed by atoms with Crippen LogP contribution in [0.15, 0.2) is 23.6 Å². The van der Waals surface area contributed by atoms with Gasteiger partial charge in [-0.3, -0.25) is 19.1 Å². The highest BCUT2D eigenvalue weighted by Crippen LogP contribution is 2.28. The van der Waals surface area contributed by atoms with Crippen LogP contribution in [0.25, 0.3) is 0 Å². The number of hydrogen-bond acceptors (Lipinski definition) is 5. The molecule has 1 atom stereocenters. The lowest BCUT2D eigenvalue weighted by Gasteiger charge is -2.43. The van der Waals surface area contributed by atoms with Crippen LogP contribution in [0.5, 0.6) is 0 Å². The molecule has 3 heterocycles. The van der Waals surface area contributed by atoms with Crippen molar-refractivity contribution >= 4 is 29.1 Å². The fourth-order valence-corrected chi connectivity index (χ4v) is 5.21. The maximum absolute atomic E-state index is 13.2. The molecule has 0 spiro atoms. The van der Waals surface area contributed by atoms with Crippen LogP contribution < -0.4 is 10.6 Å². The molecule has 166 valence electrons. The van der Waals surface area contributed by atoms with Gasteiger partial charge in [0.25, 0.3) is 11.8 Å². The van der Waals surface area contributed by atoms with Gasteiger partial charge < -0.3 is 15.5 Å². The van der Waals surface area contributed by atoms with Gasteiger partial charge in [-0.25, -0.2) is 0 Å². The summed E-state index contributed by atoms with van der Waals surface area (Å²) in [5.41, 5.74) is -0.497. The molecule has 0 bridgehead atoms. The molecule has 0 radical (unpaired) electrons. The van der Waals surface area contributed by atoms with E-state index >= 15 is 0 Å². The third-order valence-corrected chi connectivity index (χ3v) is 7.20. The molecule has 1 fully saturated rings. The number of aromatic nitrogens is 2. The van der Waals surface area contributed by atoms with E-state index < -0.39 is 5.54 Å². The van der Waals surface area contributed by atoms with E-state index in [0.717, 1.165) is 32.1 Å². The van der Waals surface area contributed by atoms with Crippen molar-refractivity contribution in [1.29, 1.82) is 0 Å². The Labute approximate surface area is 186 Å². The molecule has 1 aliphatic heterocycles. The SMILES string of the molecule is CCN1C(=O)c2cc(C(=O)NCCc3cccs3)nn2C[C@]1(C)C(=O)NC1CCCC1. The number of likely N-dealkylation sites (N-methyl/N-ethyl adjacent to an activating group) is 1. The van der Waals surface area contributed by atoms with Crippen LogP contribution in [0.1, 0.15) is 65.4 Å². The average Bonchev–Trinajstić information content (AvgIpc) is 3.50. The lowest BCUT2D eigenvalue weighted by Crippen LogP contribution is -2.64. The van der Waals surface area contributed by atoms with Crippen LogP contribution in [-0.2, 0) is 17.8 Å². The Bertz CT molecular complexity index is 964. The van der Waals surface area contributed by atoms with E-state index in [-0.39, 0.29) is 36.0 Å². The van der Waals surface area contributed by atoms with Crippen LogP contribution in [0, 0.1) is 0 Å². The summed E-state index contributed by atoms with van der Waals surface area (Å²) >= 11 is 1.65. The largest absolute Gasteiger partial charge is 0.351 e. The van der Waals surface area contributed by atoms with Gasteiger partial charge in [0.05, 0.1) is 6.54 Å². The first-order chi connectivity index (χ1) is 14.9. The Hall–Kier alpha value is -2.68. The second-order valence-corrected chi connectivity index (χ2v) is 9.47. The van der Waals surface area contributed by atoms with Crippen molar-refractivity contribution in [1.82, 2.24) is 25.3 Å². The number of rotatable bonds is 7. The summed E-state index contributed by atoms with van der Waals surface area (Å²) in [4.78, 5) is 41.7. The summed E-state index contributed by atoms with van der Waals surface area (Å²) in [6.07, 6.45) is 4.94. The van der Waals surface area contributed by atoms with E-state index in [1.54, 1.807) is 23.2 Å². The summed E-state index contributed by atoms with van der Waals surface area (Å²) in [6, 6.07) is 5.71. The molecular formula is C22H29N5O3S. The van der Waals surface area contributed by atoms with E-state index in [1.165, 1.54) is 15.6 Å². The predicted molar refractivity (Wildman–Crippen MR) is 118 cm³/mol. The zero-order valence-electron chi connectivity index (χ0n) is 18.0. The number of carbonyl (C=O) groups is 3. The van der Waals surface area contributed by atoms with Gasteiger partial charge in [-0.05, 0) is 44.6 Å². The number of carbonyl (C=O) groups excluding carboxylic acids is 3. The molecule has 31 heavy (non-hydrogen) atoms. The van der Waals surface area contributed by atoms with E-state index in [9.17, 15) is 14.4 Å². The molecule has 2 aliphatic rings. The summed E-state index contributed by atoms with van der Waals surface area (Å²) in [5, 5.41) is 12.4. The van der Waals surface area contributed by atoms with Gasteiger partial charge in [-0.2, -0.15) is 5.10 Å². The first kappa shape index (κ1) is 21.5. The quantitative estimate of drug-likeness (QED) is 0.686. The molecule has 9 heteroatoms. The number of nitrogens with zero attached hydrogens (tertiary/aromatic N) is 3. The summed E-state index contributed by atoms with van der Waals surface area (Å²) in [6.45, 7) is 4.77. The van der Waals surface area contributed by atoms with Gasteiger partial charge in [-0.15, -0.1) is 11.3 Å². The first-order valence-corrected chi connectivity index (χ1v) is 11.8. The molecule has 3 amide bonds. The van der Waals surface area contributed by atoms with Crippen LogP contribution in [0.2, 0.25) is 0 Å². The third-order valence-electron chi connectivity index (χ3n) is 6.26. The van der Waals surface area contributed by atoms with Gasteiger partial charge in [0, 0.05) is 30.1 Å². The van der Waals surface area contributed by atoms with Crippen LogP contribution >= 0.6 is 11.3 Å². The highest BCUT2D eigenvalue weighted by Gasteiger charge is 2.48. The molecular weight excluding hydrogens is 414 g/mol. The minimum atomic E-state index is -1.04. The van der Waals surface area contributed by atoms with Crippen molar-refractivity contribution in [2.75, 3.05) is 13.1 Å². The maximum atomic E-state index is 13.2. The summed E-state index contributed by atoms with van der Waals surface area (Å²) in [7, 11) is 0. The summed E-state index contributed by atoms with van der Waals surface area (Å²) in [5.74, 6) is -0.743. The number of fused-ring (bicyclic) bond motifs is 1. The minimum absolute atomic E-state index is 0.155. The van der Waals surface area contributed by atoms with E-state index in [2.05, 4.69) is 15.7 Å². The molecule has 2 aromatic heterocycles. The zero-order valence-corrected chi connectivity index (χ0v) is 18.8. The second kappa shape index (κ2) is 8.82. The maximum Gasteiger partial charge on any atom is 0.273 e. The topological polar surface area (TPSA) is 96.3 Å². The lowest BCUT2D eigenvalue weighted by molar-refractivity contribution is -0.133. The molecule has 2 aromatic rings. The Morgan fingerprint density at radius 1 is 1.32 bits per heavy atom.